The molecule has 2 amide bonds. The molecule has 2 N–H and O–H groups in total. The maximum atomic E-state index is 12.8. The molecule has 2 aromatic rings. The number of nitrogens with one attached hydrogen (secondary N) is 2. The smallest absolute Gasteiger partial charge is 0.246 e. The molecule has 0 unspecified atom stereocenters. The lowest BCUT2D eigenvalue weighted by Gasteiger charge is -2.36. The van der Waals surface area contributed by atoms with Gasteiger partial charge in [0.2, 0.25) is 17.8 Å². The summed E-state index contributed by atoms with van der Waals surface area (Å²) in [5, 5.41) is 5.97. The Morgan fingerprint density at radius 2 is 1.80 bits per heavy atom. The number of carbonyl (C=O) groups is 2. The Bertz CT molecular complexity index is 1370. The standard InChI is InChI=1S/C29H43N7O4S/c1-19(2)36-18-27(38)35(5)25-17-30-29(33-28(25)36)32-22-14-21(15-24(16-22)41(6,39)40)31-26(37)9-7-8-20-10-12-23(13-11-20)34(3)4/h14-17,19-20,23H,7-13,18H2,1-6H3,(H,31,37)(H,30,32,33). The van der Waals surface area contributed by atoms with Crippen LogP contribution in [0.3, 0.4) is 0 Å². The van der Waals surface area contributed by atoms with Gasteiger partial charge in [-0.05, 0) is 90.6 Å². The second-order valence-corrected chi connectivity index (χ2v) is 13.8. The van der Waals surface area contributed by atoms with Crippen LogP contribution in [-0.4, -0.2) is 81.1 Å². The first-order chi connectivity index (χ1) is 19.3. The van der Waals surface area contributed by atoms with Crippen LogP contribution in [0.1, 0.15) is 58.8 Å². The predicted molar refractivity (Wildman–Crippen MR) is 163 cm³/mol. The first kappa shape index (κ1) is 30.7. The van der Waals surface area contributed by atoms with Crippen molar-refractivity contribution in [2.75, 3.05) is 54.4 Å². The molecule has 1 aliphatic heterocycles. The summed E-state index contributed by atoms with van der Waals surface area (Å²) in [6.45, 7) is 4.17. The minimum atomic E-state index is -3.55. The van der Waals surface area contributed by atoms with Gasteiger partial charge in [-0.2, -0.15) is 4.98 Å². The zero-order chi connectivity index (χ0) is 29.9. The number of fused-ring (bicyclic) bond motifs is 1. The lowest BCUT2D eigenvalue weighted by atomic mass is 9.83. The summed E-state index contributed by atoms with van der Waals surface area (Å²) >= 11 is 0. The van der Waals surface area contributed by atoms with Crippen LogP contribution in [0.25, 0.3) is 0 Å². The molecule has 1 aromatic heterocycles. The summed E-state index contributed by atoms with van der Waals surface area (Å²) in [4.78, 5) is 40.0. The zero-order valence-corrected chi connectivity index (χ0v) is 25.8. The first-order valence-electron chi connectivity index (χ1n) is 14.3. The molecule has 4 rings (SSSR count). The molecule has 0 spiro atoms. The predicted octanol–water partition coefficient (Wildman–Crippen LogP) is 4.04. The summed E-state index contributed by atoms with van der Waals surface area (Å²) in [6.07, 6.45) is 9.71. The van der Waals surface area contributed by atoms with E-state index >= 15 is 0 Å². The van der Waals surface area contributed by atoms with E-state index in [1.807, 2.05) is 18.7 Å². The second kappa shape index (κ2) is 12.7. The Morgan fingerprint density at radius 1 is 1.12 bits per heavy atom. The number of nitrogens with zero attached hydrogens (tertiary/aromatic N) is 5. The number of anilines is 5. The van der Waals surface area contributed by atoms with E-state index in [0.29, 0.717) is 41.3 Å². The van der Waals surface area contributed by atoms with Gasteiger partial charge in [0.05, 0.1) is 17.6 Å². The molecule has 1 saturated carbocycles. The van der Waals surface area contributed by atoms with Gasteiger partial charge in [-0.1, -0.05) is 0 Å². The van der Waals surface area contributed by atoms with Gasteiger partial charge in [0.1, 0.15) is 5.69 Å². The van der Waals surface area contributed by atoms with Gasteiger partial charge in [-0.15, -0.1) is 0 Å². The van der Waals surface area contributed by atoms with Crippen LogP contribution in [0.2, 0.25) is 0 Å². The Labute approximate surface area is 243 Å². The molecule has 2 aliphatic rings. The van der Waals surface area contributed by atoms with E-state index in [1.54, 1.807) is 19.3 Å². The van der Waals surface area contributed by atoms with Crippen molar-refractivity contribution in [1.82, 2.24) is 14.9 Å². The molecule has 2 heterocycles. The van der Waals surface area contributed by atoms with Crippen molar-refractivity contribution in [3.05, 3.63) is 24.4 Å². The minimum absolute atomic E-state index is 0.0394. The van der Waals surface area contributed by atoms with Gasteiger partial charge >= 0.3 is 0 Å². The first-order valence-corrected chi connectivity index (χ1v) is 16.2. The summed E-state index contributed by atoms with van der Waals surface area (Å²) in [6, 6.07) is 5.33. The van der Waals surface area contributed by atoms with E-state index in [-0.39, 0.29) is 35.2 Å². The number of amides is 2. The molecule has 1 aromatic carbocycles. The molecule has 0 atom stereocenters. The number of hydrogen-bond acceptors (Lipinski definition) is 9. The number of hydrogen-bond donors (Lipinski definition) is 2. The van der Waals surface area contributed by atoms with Gasteiger partial charge in [0, 0.05) is 43.2 Å². The van der Waals surface area contributed by atoms with Crippen molar-refractivity contribution in [2.24, 2.45) is 5.92 Å². The highest BCUT2D eigenvalue weighted by atomic mass is 32.2. The van der Waals surface area contributed by atoms with Gasteiger partial charge in [0.25, 0.3) is 0 Å². The summed E-state index contributed by atoms with van der Waals surface area (Å²) < 4.78 is 24.9. The van der Waals surface area contributed by atoms with Crippen LogP contribution in [0.15, 0.2) is 29.3 Å². The van der Waals surface area contributed by atoms with Gasteiger partial charge in [0.15, 0.2) is 15.7 Å². The van der Waals surface area contributed by atoms with Gasteiger partial charge in [-0.25, -0.2) is 13.4 Å². The van der Waals surface area contributed by atoms with Crippen LogP contribution in [-0.2, 0) is 19.4 Å². The summed E-state index contributed by atoms with van der Waals surface area (Å²) in [5.74, 6) is 1.33. The van der Waals surface area contributed by atoms with E-state index in [0.717, 1.165) is 19.1 Å². The lowest BCUT2D eigenvalue weighted by Crippen LogP contribution is -2.47. The van der Waals surface area contributed by atoms with Crippen LogP contribution in [0, 0.1) is 5.92 Å². The molecule has 12 heteroatoms. The molecule has 41 heavy (non-hydrogen) atoms. The quantitative estimate of drug-likeness (QED) is 0.425. The third kappa shape index (κ3) is 7.73. The molecular weight excluding hydrogens is 542 g/mol. The van der Waals surface area contributed by atoms with E-state index in [2.05, 4.69) is 39.6 Å². The highest BCUT2D eigenvalue weighted by molar-refractivity contribution is 7.90. The van der Waals surface area contributed by atoms with E-state index in [1.165, 1.54) is 42.7 Å². The van der Waals surface area contributed by atoms with Crippen LogP contribution < -0.4 is 20.4 Å². The van der Waals surface area contributed by atoms with Crippen LogP contribution in [0.5, 0.6) is 0 Å². The van der Waals surface area contributed by atoms with Crippen molar-refractivity contribution in [3.8, 4) is 0 Å². The van der Waals surface area contributed by atoms with Crippen molar-refractivity contribution in [3.63, 3.8) is 0 Å². The maximum absolute atomic E-state index is 12.8. The van der Waals surface area contributed by atoms with Crippen LogP contribution >= 0.6 is 0 Å². The SMILES string of the molecule is CC(C)N1CC(=O)N(C)c2cnc(Nc3cc(NC(=O)CCCC4CCC(N(C)C)CC4)cc(S(C)(=O)=O)c3)nc21. The van der Waals surface area contributed by atoms with Gasteiger partial charge < -0.3 is 25.3 Å². The van der Waals surface area contributed by atoms with Crippen LogP contribution in [0.4, 0.5) is 28.8 Å². The second-order valence-electron chi connectivity index (χ2n) is 11.8. The van der Waals surface area contributed by atoms with E-state index in [9.17, 15) is 18.0 Å². The third-order valence-corrected chi connectivity index (χ3v) is 9.22. The monoisotopic (exact) mass is 585 g/mol. The number of carbonyl (C=O) groups excluding carboxylic acids is 2. The van der Waals surface area contributed by atoms with Crippen molar-refractivity contribution in [2.45, 2.75) is 75.8 Å². The normalized spacial score (nSPS) is 19.5. The van der Waals surface area contributed by atoms with Crippen molar-refractivity contribution < 1.29 is 18.0 Å². The fraction of sp³-hybridized carbons (Fsp3) is 0.586. The Kier molecular flexibility index (Phi) is 9.53. The fourth-order valence-electron chi connectivity index (χ4n) is 5.57. The number of aromatic nitrogens is 2. The minimum Gasteiger partial charge on any atom is -0.343 e. The molecular formula is C29H43N7O4S. The summed E-state index contributed by atoms with van der Waals surface area (Å²) in [5.41, 5.74) is 1.42. The Hall–Kier alpha value is -3.25. The molecule has 1 fully saturated rings. The molecule has 0 saturated heterocycles. The number of rotatable bonds is 10. The summed E-state index contributed by atoms with van der Waals surface area (Å²) in [7, 11) is 2.41. The molecule has 224 valence electrons. The van der Waals surface area contributed by atoms with Crippen molar-refractivity contribution >= 4 is 50.5 Å². The van der Waals surface area contributed by atoms with E-state index in [4.69, 9.17) is 0 Å². The number of benzene rings is 1. The topological polar surface area (TPSA) is 128 Å². The average Bonchev–Trinajstić information content (AvgIpc) is 2.90. The molecule has 0 bridgehead atoms. The van der Waals surface area contributed by atoms with Gasteiger partial charge in [-0.3, -0.25) is 9.59 Å². The Balaban J connectivity index is 1.45. The fourth-order valence-corrected chi connectivity index (χ4v) is 6.26. The highest BCUT2D eigenvalue weighted by Gasteiger charge is 2.30. The highest BCUT2D eigenvalue weighted by Crippen LogP contribution is 2.34. The zero-order valence-electron chi connectivity index (χ0n) is 25.0. The number of likely N-dealkylation sites (N-methyl/N-ethyl adjacent to an activating group) is 1. The molecule has 11 nitrogen and oxygen atoms in total. The lowest BCUT2D eigenvalue weighted by molar-refractivity contribution is -0.117. The van der Waals surface area contributed by atoms with Crippen molar-refractivity contribution in [1.29, 1.82) is 0 Å². The largest absolute Gasteiger partial charge is 0.343 e. The average molecular weight is 586 g/mol. The van der Waals surface area contributed by atoms with E-state index < -0.39 is 9.84 Å². The number of sulfone groups is 1. The molecule has 0 radical (unpaired) electrons. The molecule has 1 aliphatic carbocycles. The third-order valence-electron chi connectivity index (χ3n) is 8.12. The maximum Gasteiger partial charge on any atom is 0.246 e. The Morgan fingerprint density at radius 3 is 2.44 bits per heavy atom.